The summed E-state index contributed by atoms with van der Waals surface area (Å²) in [6.45, 7) is 0. The van der Waals surface area contributed by atoms with E-state index in [1.54, 1.807) is 7.11 Å². The first-order valence-corrected chi connectivity index (χ1v) is 5.78. The first-order chi connectivity index (χ1) is 7.79. The van der Waals surface area contributed by atoms with Gasteiger partial charge >= 0.3 is 0 Å². The lowest BCUT2D eigenvalue weighted by Crippen LogP contribution is -2.34. The van der Waals surface area contributed by atoms with Gasteiger partial charge in [-0.15, -0.1) is 0 Å². The quantitative estimate of drug-likeness (QED) is 0.853. The van der Waals surface area contributed by atoms with Gasteiger partial charge in [0.15, 0.2) is 0 Å². The maximum Gasteiger partial charge on any atom is 0.124 e. The van der Waals surface area contributed by atoms with Crippen molar-refractivity contribution in [2.24, 2.45) is 0 Å². The van der Waals surface area contributed by atoms with Crippen LogP contribution in [0, 0.1) is 0 Å². The normalized spacial score (nSPS) is 25.1. The Hall–Kier alpha value is -1.22. The molecule has 0 aliphatic heterocycles. The molecule has 0 bridgehead atoms. The number of hydrogen-bond acceptors (Lipinski definition) is 3. The molecule has 1 N–H and O–H groups in total. The van der Waals surface area contributed by atoms with Gasteiger partial charge in [0, 0.05) is 6.07 Å². The Morgan fingerprint density at radius 3 is 2.69 bits per heavy atom. The highest BCUT2D eigenvalue weighted by Gasteiger charge is 2.24. The van der Waals surface area contributed by atoms with E-state index in [2.05, 4.69) is 0 Å². The third-order valence-corrected chi connectivity index (χ3v) is 3.00. The Labute approximate surface area is 96.0 Å². The summed E-state index contributed by atoms with van der Waals surface area (Å²) in [4.78, 5) is 0. The van der Waals surface area contributed by atoms with Crippen LogP contribution in [0.3, 0.4) is 0 Å². The van der Waals surface area contributed by atoms with Crippen molar-refractivity contribution in [2.45, 2.75) is 37.9 Å². The van der Waals surface area contributed by atoms with E-state index in [1.807, 2.05) is 24.3 Å². The summed E-state index contributed by atoms with van der Waals surface area (Å²) in [5, 5.41) is 9.80. The molecule has 2 rings (SSSR count). The zero-order chi connectivity index (χ0) is 11.4. The monoisotopic (exact) mass is 222 g/mol. The van der Waals surface area contributed by atoms with Crippen LogP contribution in [0.4, 0.5) is 0 Å². The van der Waals surface area contributed by atoms with Crippen molar-refractivity contribution in [1.29, 1.82) is 0 Å². The predicted octanol–water partition coefficient (Wildman–Crippen LogP) is 2.38. The van der Waals surface area contributed by atoms with E-state index in [0.29, 0.717) is 0 Å². The lowest BCUT2D eigenvalue weighted by Gasteiger charge is -2.28. The molecule has 0 unspecified atom stereocenters. The standard InChI is InChI=1S/C13H18O3/c1-15-10-5-4-6-11(9-10)16-13-8-3-2-7-12(13)14/h4-6,9,12-14H,2-3,7-8H2,1H3/t12-,13-/m0/s1. The minimum atomic E-state index is -0.333. The van der Waals surface area contributed by atoms with E-state index in [0.717, 1.165) is 37.2 Å². The summed E-state index contributed by atoms with van der Waals surface area (Å²) in [6, 6.07) is 7.51. The van der Waals surface area contributed by atoms with Crippen LogP contribution in [0.2, 0.25) is 0 Å². The van der Waals surface area contributed by atoms with E-state index in [4.69, 9.17) is 9.47 Å². The van der Waals surface area contributed by atoms with Crippen molar-refractivity contribution in [3.05, 3.63) is 24.3 Å². The predicted molar refractivity (Wildman–Crippen MR) is 61.9 cm³/mol. The van der Waals surface area contributed by atoms with Gasteiger partial charge in [0.25, 0.3) is 0 Å². The summed E-state index contributed by atoms with van der Waals surface area (Å²) in [5.74, 6) is 1.55. The Morgan fingerprint density at radius 1 is 1.19 bits per heavy atom. The van der Waals surface area contributed by atoms with E-state index in [-0.39, 0.29) is 12.2 Å². The van der Waals surface area contributed by atoms with Gasteiger partial charge in [-0.3, -0.25) is 0 Å². The number of benzene rings is 1. The second-order valence-electron chi connectivity index (χ2n) is 4.19. The summed E-state index contributed by atoms with van der Waals surface area (Å²) in [6.07, 6.45) is 3.60. The van der Waals surface area contributed by atoms with Crippen LogP contribution >= 0.6 is 0 Å². The minimum Gasteiger partial charge on any atom is -0.497 e. The SMILES string of the molecule is COc1cccc(O[C@H]2CCCC[C@@H]2O)c1. The molecule has 88 valence electrons. The highest BCUT2D eigenvalue weighted by molar-refractivity contribution is 5.33. The zero-order valence-corrected chi connectivity index (χ0v) is 9.56. The Morgan fingerprint density at radius 2 is 1.94 bits per heavy atom. The molecule has 1 fully saturated rings. The zero-order valence-electron chi connectivity index (χ0n) is 9.56. The minimum absolute atomic E-state index is 0.0687. The van der Waals surface area contributed by atoms with E-state index >= 15 is 0 Å². The summed E-state index contributed by atoms with van der Waals surface area (Å²) < 4.78 is 10.9. The van der Waals surface area contributed by atoms with Gasteiger partial charge in [0.2, 0.25) is 0 Å². The van der Waals surface area contributed by atoms with Gasteiger partial charge in [-0.1, -0.05) is 12.5 Å². The lowest BCUT2D eigenvalue weighted by molar-refractivity contribution is 0.00678. The summed E-state index contributed by atoms with van der Waals surface area (Å²) in [5.41, 5.74) is 0. The number of aliphatic hydroxyl groups excluding tert-OH is 1. The van der Waals surface area contributed by atoms with Gasteiger partial charge in [-0.2, -0.15) is 0 Å². The molecular formula is C13H18O3. The van der Waals surface area contributed by atoms with Crippen LogP contribution < -0.4 is 9.47 Å². The lowest BCUT2D eigenvalue weighted by atomic mass is 9.95. The van der Waals surface area contributed by atoms with Gasteiger partial charge < -0.3 is 14.6 Å². The highest BCUT2D eigenvalue weighted by Crippen LogP contribution is 2.26. The van der Waals surface area contributed by atoms with Crippen LogP contribution in [0.1, 0.15) is 25.7 Å². The maximum absolute atomic E-state index is 9.80. The molecule has 0 spiro atoms. The molecule has 1 aromatic carbocycles. The molecule has 0 radical (unpaired) electrons. The molecule has 0 amide bonds. The average Bonchev–Trinajstić information content (AvgIpc) is 2.32. The first-order valence-electron chi connectivity index (χ1n) is 5.78. The second kappa shape index (κ2) is 5.21. The smallest absolute Gasteiger partial charge is 0.124 e. The molecule has 1 aliphatic carbocycles. The Bertz CT molecular complexity index is 338. The highest BCUT2D eigenvalue weighted by atomic mass is 16.5. The molecule has 0 aromatic heterocycles. The number of aliphatic hydroxyl groups is 1. The number of ether oxygens (including phenoxy) is 2. The fourth-order valence-electron chi connectivity index (χ4n) is 2.06. The molecule has 16 heavy (non-hydrogen) atoms. The molecule has 1 aliphatic rings. The molecule has 1 saturated carbocycles. The number of rotatable bonds is 3. The van der Waals surface area contributed by atoms with Crippen LogP contribution in [0.15, 0.2) is 24.3 Å². The second-order valence-corrected chi connectivity index (χ2v) is 4.19. The van der Waals surface area contributed by atoms with Crippen molar-refractivity contribution in [3.63, 3.8) is 0 Å². The molecule has 0 heterocycles. The number of methoxy groups -OCH3 is 1. The molecule has 1 aromatic rings. The first kappa shape index (κ1) is 11.3. The van der Waals surface area contributed by atoms with Gasteiger partial charge in [0.1, 0.15) is 17.6 Å². The Balaban J connectivity index is 2.01. The van der Waals surface area contributed by atoms with Crippen LogP contribution in [-0.2, 0) is 0 Å². The molecule has 0 saturated heterocycles. The molecular weight excluding hydrogens is 204 g/mol. The van der Waals surface area contributed by atoms with Crippen molar-refractivity contribution < 1.29 is 14.6 Å². The third-order valence-electron chi connectivity index (χ3n) is 3.00. The van der Waals surface area contributed by atoms with Crippen molar-refractivity contribution in [3.8, 4) is 11.5 Å². The summed E-state index contributed by atoms with van der Waals surface area (Å²) in [7, 11) is 1.63. The van der Waals surface area contributed by atoms with Gasteiger partial charge in [-0.25, -0.2) is 0 Å². The third kappa shape index (κ3) is 2.67. The van der Waals surface area contributed by atoms with Gasteiger partial charge in [-0.05, 0) is 31.4 Å². The summed E-state index contributed by atoms with van der Waals surface area (Å²) >= 11 is 0. The van der Waals surface area contributed by atoms with Crippen molar-refractivity contribution in [2.75, 3.05) is 7.11 Å². The molecule has 3 heteroatoms. The van der Waals surface area contributed by atoms with Crippen molar-refractivity contribution in [1.82, 2.24) is 0 Å². The molecule has 2 atom stereocenters. The molecule has 3 nitrogen and oxygen atoms in total. The van der Waals surface area contributed by atoms with Crippen LogP contribution in [0.25, 0.3) is 0 Å². The van der Waals surface area contributed by atoms with E-state index in [9.17, 15) is 5.11 Å². The largest absolute Gasteiger partial charge is 0.497 e. The van der Waals surface area contributed by atoms with Gasteiger partial charge in [0.05, 0.1) is 13.2 Å². The fraction of sp³-hybridized carbons (Fsp3) is 0.538. The van der Waals surface area contributed by atoms with Crippen molar-refractivity contribution >= 4 is 0 Å². The van der Waals surface area contributed by atoms with E-state index in [1.165, 1.54) is 0 Å². The van der Waals surface area contributed by atoms with E-state index < -0.39 is 0 Å². The average molecular weight is 222 g/mol. The topological polar surface area (TPSA) is 38.7 Å². The Kier molecular flexibility index (Phi) is 3.67. The van der Waals surface area contributed by atoms with Crippen LogP contribution in [-0.4, -0.2) is 24.4 Å². The number of hydrogen-bond donors (Lipinski definition) is 1. The maximum atomic E-state index is 9.80. The van der Waals surface area contributed by atoms with Crippen LogP contribution in [0.5, 0.6) is 11.5 Å². The fourth-order valence-corrected chi connectivity index (χ4v) is 2.06.